The minimum atomic E-state index is -0.304. The quantitative estimate of drug-likeness (QED) is 0.851. The molecule has 27 heavy (non-hydrogen) atoms. The third kappa shape index (κ3) is 4.98. The van der Waals surface area contributed by atoms with Crippen LogP contribution in [-0.4, -0.2) is 57.4 Å². The Labute approximate surface area is 162 Å². The molecule has 4 rings (SSSR count). The summed E-state index contributed by atoms with van der Waals surface area (Å²) in [5.41, 5.74) is 3.98. The Morgan fingerprint density at radius 3 is 2.41 bits per heavy atom. The topological polar surface area (TPSA) is 55.4 Å². The molecule has 5 nitrogen and oxygen atoms in total. The van der Waals surface area contributed by atoms with E-state index in [4.69, 9.17) is 0 Å². The Hall–Kier alpha value is -1.69. The maximum atomic E-state index is 10.5. The average molecular weight is 369 g/mol. The van der Waals surface area contributed by atoms with Crippen LogP contribution in [0.3, 0.4) is 0 Å². The van der Waals surface area contributed by atoms with E-state index >= 15 is 0 Å². The molecule has 1 saturated heterocycles. The van der Waals surface area contributed by atoms with Crippen LogP contribution in [0.1, 0.15) is 54.8 Å². The summed E-state index contributed by atoms with van der Waals surface area (Å²) in [5, 5.41) is 18.2. The summed E-state index contributed by atoms with van der Waals surface area (Å²) >= 11 is 0. The summed E-state index contributed by atoms with van der Waals surface area (Å²) in [6.07, 6.45) is 8.30. The van der Waals surface area contributed by atoms with Gasteiger partial charge in [0.1, 0.15) is 0 Å². The van der Waals surface area contributed by atoms with Crippen LogP contribution < -0.4 is 0 Å². The smallest absolute Gasteiger partial charge is 0.0794 e. The van der Waals surface area contributed by atoms with Gasteiger partial charge in [-0.25, -0.2) is 0 Å². The second-order valence-corrected chi connectivity index (χ2v) is 8.25. The molecule has 146 valence electrons. The first-order valence-corrected chi connectivity index (χ1v) is 10.5. The van der Waals surface area contributed by atoms with E-state index in [1.807, 2.05) is 6.20 Å². The van der Waals surface area contributed by atoms with Gasteiger partial charge < -0.3 is 5.11 Å². The van der Waals surface area contributed by atoms with E-state index in [1.54, 1.807) is 0 Å². The zero-order valence-corrected chi connectivity index (χ0v) is 16.2. The first kappa shape index (κ1) is 18.7. The van der Waals surface area contributed by atoms with Gasteiger partial charge in [-0.05, 0) is 18.4 Å². The van der Waals surface area contributed by atoms with E-state index in [0.29, 0.717) is 5.92 Å². The van der Waals surface area contributed by atoms with Crippen LogP contribution in [0.25, 0.3) is 0 Å². The number of hydrogen-bond acceptors (Lipinski definition) is 4. The van der Waals surface area contributed by atoms with Gasteiger partial charge in [-0.15, -0.1) is 0 Å². The van der Waals surface area contributed by atoms with E-state index in [0.717, 1.165) is 39.3 Å². The molecule has 0 radical (unpaired) electrons. The normalized spacial score (nSPS) is 23.4. The van der Waals surface area contributed by atoms with Crippen molar-refractivity contribution in [3.8, 4) is 0 Å². The van der Waals surface area contributed by atoms with Crippen molar-refractivity contribution in [1.82, 2.24) is 20.0 Å². The number of rotatable bonds is 5. The zero-order chi connectivity index (χ0) is 18.5. The molecule has 0 unspecified atom stereocenters. The molecule has 2 heterocycles. The number of nitrogens with zero attached hydrogens (tertiary/aromatic N) is 3. The predicted octanol–water partition coefficient (Wildman–Crippen LogP) is 3.14. The molecular weight excluding hydrogens is 336 g/mol. The lowest BCUT2D eigenvalue weighted by Crippen LogP contribution is -2.33. The molecule has 1 atom stereocenters. The molecule has 0 amide bonds. The second-order valence-electron chi connectivity index (χ2n) is 8.25. The van der Waals surface area contributed by atoms with Crippen molar-refractivity contribution in [3.63, 3.8) is 0 Å². The van der Waals surface area contributed by atoms with E-state index in [1.165, 1.54) is 48.9 Å². The van der Waals surface area contributed by atoms with Gasteiger partial charge in [0.05, 0.1) is 12.3 Å². The highest BCUT2D eigenvalue weighted by Gasteiger charge is 2.24. The number of aliphatic hydroxyl groups excluding tert-OH is 1. The molecule has 2 N–H and O–H groups in total. The largest absolute Gasteiger partial charge is 0.390 e. The third-order valence-electron chi connectivity index (χ3n) is 6.08. The number of benzene rings is 1. The molecule has 1 aliphatic heterocycles. The minimum Gasteiger partial charge on any atom is -0.390 e. The average Bonchev–Trinajstić information content (AvgIpc) is 3.08. The number of aromatic nitrogens is 2. The number of aliphatic hydroxyl groups is 1. The van der Waals surface area contributed by atoms with Crippen molar-refractivity contribution in [1.29, 1.82) is 0 Å². The highest BCUT2D eigenvalue weighted by atomic mass is 16.3. The van der Waals surface area contributed by atoms with Crippen LogP contribution in [0.4, 0.5) is 0 Å². The second kappa shape index (κ2) is 9.00. The number of β-amino-alcohol motifs (C(OH)–C–C–N with tert-alkyl or cyclic N) is 1. The molecule has 5 heteroatoms. The van der Waals surface area contributed by atoms with Crippen LogP contribution >= 0.6 is 0 Å². The Morgan fingerprint density at radius 1 is 0.963 bits per heavy atom. The fourth-order valence-electron chi connectivity index (χ4n) is 4.68. The molecule has 2 aromatic rings. The number of H-pyrrole nitrogens is 1. The predicted molar refractivity (Wildman–Crippen MR) is 107 cm³/mol. The SMILES string of the molecule is O[C@H]1CN(Cc2ccccc2)CCN(Cc2cn[nH]c2C2CCCCC2)C1. The molecular formula is C22H32N4O. The van der Waals surface area contributed by atoms with Crippen molar-refractivity contribution in [2.45, 2.75) is 57.2 Å². The van der Waals surface area contributed by atoms with E-state index in [-0.39, 0.29) is 6.10 Å². The summed E-state index contributed by atoms with van der Waals surface area (Å²) in [5.74, 6) is 0.641. The summed E-state index contributed by atoms with van der Waals surface area (Å²) < 4.78 is 0. The van der Waals surface area contributed by atoms with Gasteiger partial charge >= 0.3 is 0 Å². The number of hydrogen-bond donors (Lipinski definition) is 2. The Bertz CT molecular complexity index is 695. The van der Waals surface area contributed by atoms with E-state index in [9.17, 15) is 5.11 Å². The van der Waals surface area contributed by atoms with Crippen LogP contribution in [0.2, 0.25) is 0 Å². The van der Waals surface area contributed by atoms with Gasteiger partial charge in [-0.2, -0.15) is 5.10 Å². The summed E-state index contributed by atoms with van der Waals surface area (Å²) in [6, 6.07) is 10.6. The van der Waals surface area contributed by atoms with Crippen molar-refractivity contribution < 1.29 is 5.11 Å². The van der Waals surface area contributed by atoms with Gasteiger partial charge in [0.25, 0.3) is 0 Å². The molecule has 2 aliphatic rings. The van der Waals surface area contributed by atoms with Gasteiger partial charge in [0.2, 0.25) is 0 Å². The lowest BCUT2D eigenvalue weighted by molar-refractivity contribution is 0.106. The number of nitrogens with one attached hydrogen (secondary N) is 1. The fourth-order valence-corrected chi connectivity index (χ4v) is 4.68. The maximum Gasteiger partial charge on any atom is 0.0794 e. The Morgan fingerprint density at radius 2 is 1.67 bits per heavy atom. The first-order chi connectivity index (χ1) is 13.3. The van der Waals surface area contributed by atoms with Gasteiger partial charge in [0.15, 0.2) is 0 Å². The molecule has 0 spiro atoms. The van der Waals surface area contributed by atoms with Crippen LogP contribution in [0.5, 0.6) is 0 Å². The fraction of sp³-hybridized carbons (Fsp3) is 0.591. The van der Waals surface area contributed by atoms with Crippen LogP contribution in [0.15, 0.2) is 36.5 Å². The summed E-state index contributed by atoms with van der Waals surface area (Å²) in [6.45, 7) is 5.25. The standard InChI is InChI=1S/C22H32N4O/c27-21-16-25(14-18-7-3-1-4-8-18)11-12-26(17-21)15-20-13-23-24-22(20)19-9-5-2-6-10-19/h1,3-4,7-8,13,19,21,27H,2,5-6,9-12,14-17H2,(H,23,24)/t21-/m0/s1. The maximum absolute atomic E-state index is 10.5. The third-order valence-corrected chi connectivity index (χ3v) is 6.08. The lowest BCUT2D eigenvalue weighted by atomic mass is 9.85. The Kier molecular flexibility index (Phi) is 6.22. The molecule has 2 fully saturated rings. The number of aromatic amines is 1. The Balaban J connectivity index is 1.37. The van der Waals surface area contributed by atoms with Gasteiger partial charge in [-0.1, -0.05) is 49.6 Å². The van der Waals surface area contributed by atoms with Crippen LogP contribution in [-0.2, 0) is 13.1 Å². The first-order valence-electron chi connectivity index (χ1n) is 10.5. The zero-order valence-electron chi connectivity index (χ0n) is 16.2. The summed E-state index contributed by atoms with van der Waals surface area (Å²) in [4.78, 5) is 4.77. The highest BCUT2D eigenvalue weighted by molar-refractivity contribution is 5.21. The van der Waals surface area contributed by atoms with Gasteiger partial charge in [-0.3, -0.25) is 14.9 Å². The van der Waals surface area contributed by atoms with Crippen LogP contribution in [0, 0.1) is 0 Å². The minimum absolute atomic E-state index is 0.304. The molecule has 1 saturated carbocycles. The monoisotopic (exact) mass is 368 g/mol. The van der Waals surface area contributed by atoms with E-state index < -0.39 is 0 Å². The molecule has 0 bridgehead atoms. The van der Waals surface area contributed by atoms with E-state index in [2.05, 4.69) is 50.3 Å². The molecule has 1 aromatic carbocycles. The molecule has 1 aromatic heterocycles. The van der Waals surface area contributed by atoms with Crippen molar-refractivity contribution in [2.75, 3.05) is 26.2 Å². The van der Waals surface area contributed by atoms with Crippen molar-refractivity contribution >= 4 is 0 Å². The molecule has 1 aliphatic carbocycles. The highest BCUT2D eigenvalue weighted by Crippen LogP contribution is 2.33. The summed E-state index contributed by atoms with van der Waals surface area (Å²) in [7, 11) is 0. The lowest BCUT2D eigenvalue weighted by Gasteiger charge is -2.25. The van der Waals surface area contributed by atoms with Crippen molar-refractivity contribution in [2.24, 2.45) is 0 Å². The van der Waals surface area contributed by atoms with Gasteiger partial charge in [0, 0.05) is 56.4 Å². The van der Waals surface area contributed by atoms with Crippen molar-refractivity contribution in [3.05, 3.63) is 53.3 Å².